The molecule has 0 bridgehead atoms. The lowest BCUT2D eigenvalue weighted by molar-refractivity contribution is 0.0994. The van der Waals surface area contributed by atoms with Gasteiger partial charge >= 0.3 is 0 Å². The number of carbonyl (C=O) groups excluding carboxylic acids is 1. The van der Waals surface area contributed by atoms with Crippen LogP contribution in [0.2, 0.25) is 0 Å². The van der Waals surface area contributed by atoms with Crippen molar-refractivity contribution < 1.29 is 13.6 Å². The third-order valence-corrected chi connectivity index (χ3v) is 4.39. The third kappa shape index (κ3) is 3.58. The maximum Gasteiger partial charge on any atom is 0.291 e. The number of amides is 1. The van der Waals surface area contributed by atoms with Crippen molar-refractivity contribution in [1.82, 2.24) is 0 Å². The van der Waals surface area contributed by atoms with Crippen molar-refractivity contribution in [1.29, 1.82) is 0 Å². The summed E-state index contributed by atoms with van der Waals surface area (Å²) in [6.07, 6.45) is 3.42. The van der Waals surface area contributed by atoms with Crippen LogP contribution in [-0.2, 0) is 0 Å². The van der Waals surface area contributed by atoms with Gasteiger partial charge in [0.2, 0.25) is 0 Å². The lowest BCUT2D eigenvalue weighted by Crippen LogP contribution is -2.30. The van der Waals surface area contributed by atoms with Gasteiger partial charge in [-0.2, -0.15) is 0 Å². The summed E-state index contributed by atoms with van der Waals surface area (Å²) in [6, 6.07) is 6.23. The van der Waals surface area contributed by atoms with Gasteiger partial charge in [-0.3, -0.25) is 4.79 Å². The number of anilines is 2. The Morgan fingerprint density at radius 1 is 1.26 bits per heavy atom. The van der Waals surface area contributed by atoms with Crippen LogP contribution in [0, 0.1) is 12.7 Å². The van der Waals surface area contributed by atoms with Crippen molar-refractivity contribution in [3.8, 4) is 0 Å². The van der Waals surface area contributed by atoms with Gasteiger partial charge in [-0.05, 0) is 66.4 Å². The predicted octanol–water partition coefficient (Wildman–Crippen LogP) is 4.73. The second-order valence-corrected chi connectivity index (χ2v) is 6.51. The predicted molar refractivity (Wildman–Crippen MR) is 91.6 cm³/mol. The number of nitrogens with zero attached hydrogens (tertiary/aromatic N) is 1. The van der Waals surface area contributed by atoms with Gasteiger partial charge < -0.3 is 14.6 Å². The van der Waals surface area contributed by atoms with Crippen LogP contribution in [-0.4, -0.2) is 19.0 Å². The average Bonchev–Trinajstić information content (AvgIpc) is 2.87. The Morgan fingerprint density at radius 3 is 2.65 bits per heavy atom. The van der Waals surface area contributed by atoms with Crippen LogP contribution in [0.25, 0.3) is 0 Å². The number of hydrogen-bond acceptors (Lipinski definition) is 3. The molecule has 1 aliphatic rings. The van der Waals surface area contributed by atoms with E-state index in [0.717, 1.165) is 37.2 Å². The van der Waals surface area contributed by atoms with Gasteiger partial charge in [0.1, 0.15) is 5.82 Å². The minimum atomic E-state index is -0.378. The highest BCUT2D eigenvalue weighted by molar-refractivity contribution is 9.10. The van der Waals surface area contributed by atoms with Crippen molar-refractivity contribution in [3.63, 3.8) is 0 Å². The molecule has 0 unspecified atom stereocenters. The molecule has 1 N–H and O–H groups in total. The first kappa shape index (κ1) is 16.1. The molecule has 3 rings (SSSR count). The molecule has 0 aliphatic carbocycles. The smallest absolute Gasteiger partial charge is 0.291 e. The summed E-state index contributed by atoms with van der Waals surface area (Å²) in [7, 11) is 0. The van der Waals surface area contributed by atoms with Crippen molar-refractivity contribution in [3.05, 3.63) is 46.1 Å². The zero-order chi connectivity index (χ0) is 16.4. The van der Waals surface area contributed by atoms with E-state index in [-0.39, 0.29) is 17.5 Å². The van der Waals surface area contributed by atoms with E-state index in [1.165, 1.54) is 18.6 Å². The van der Waals surface area contributed by atoms with E-state index in [2.05, 4.69) is 26.1 Å². The highest BCUT2D eigenvalue weighted by Crippen LogP contribution is 2.30. The normalized spacial score (nSPS) is 14.8. The fourth-order valence-corrected chi connectivity index (χ4v) is 3.37. The SMILES string of the molecule is Cc1cc(Br)oc1C(=O)Nc1cc(F)ccc1N1CCCCC1. The number of nitrogens with one attached hydrogen (secondary N) is 1. The van der Waals surface area contributed by atoms with Crippen LogP contribution in [0.1, 0.15) is 35.4 Å². The Kier molecular flexibility index (Phi) is 4.71. The number of aryl methyl sites for hydroxylation is 1. The molecule has 0 atom stereocenters. The van der Waals surface area contributed by atoms with Crippen molar-refractivity contribution >= 4 is 33.2 Å². The minimum absolute atomic E-state index is 0.228. The molecule has 4 nitrogen and oxygen atoms in total. The van der Waals surface area contributed by atoms with Crippen LogP contribution < -0.4 is 10.2 Å². The number of benzene rings is 1. The Hall–Kier alpha value is -1.82. The van der Waals surface area contributed by atoms with Crippen molar-refractivity contribution in [2.45, 2.75) is 26.2 Å². The lowest BCUT2D eigenvalue weighted by atomic mass is 10.1. The van der Waals surface area contributed by atoms with Gasteiger partial charge in [0.15, 0.2) is 10.4 Å². The number of halogens is 2. The summed E-state index contributed by atoms with van der Waals surface area (Å²) in [4.78, 5) is 14.6. The second-order valence-electron chi connectivity index (χ2n) is 5.73. The van der Waals surface area contributed by atoms with Crippen LogP contribution in [0.3, 0.4) is 0 Å². The van der Waals surface area contributed by atoms with E-state index in [1.807, 2.05) is 0 Å². The van der Waals surface area contributed by atoms with Gasteiger partial charge in [0, 0.05) is 18.7 Å². The second kappa shape index (κ2) is 6.74. The lowest BCUT2D eigenvalue weighted by Gasteiger charge is -2.30. The Morgan fingerprint density at radius 2 is 2.00 bits per heavy atom. The first-order chi connectivity index (χ1) is 11.0. The molecule has 0 spiro atoms. The standard InChI is InChI=1S/C17H18BrFN2O2/c1-11-9-15(18)23-16(11)17(22)20-13-10-12(19)5-6-14(13)21-7-3-2-4-8-21/h5-6,9-10H,2-4,7-8H2,1H3,(H,20,22). The maximum atomic E-state index is 13.6. The topological polar surface area (TPSA) is 45.5 Å². The molecule has 0 radical (unpaired) electrons. The molecule has 2 aromatic rings. The molecule has 122 valence electrons. The quantitative estimate of drug-likeness (QED) is 0.836. The zero-order valence-electron chi connectivity index (χ0n) is 12.9. The molecule has 1 fully saturated rings. The van der Waals surface area contributed by atoms with Crippen LogP contribution >= 0.6 is 15.9 Å². The summed E-state index contributed by atoms with van der Waals surface area (Å²) >= 11 is 3.21. The molecule has 1 aromatic heterocycles. The van der Waals surface area contributed by atoms with E-state index in [0.29, 0.717) is 10.4 Å². The fraction of sp³-hybridized carbons (Fsp3) is 0.353. The van der Waals surface area contributed by atoms with Gasteiger partial charge in [-0.15, -0.1) is 0 Å². The highest BCUT2D eigenvalue weighted by Gasteiger charge is 2.20. The molecule has 2 heterocycles. The van der Waals surface area contributed by atoms with Gasteiger partial charge in [0.05, 0.1) is 11.4 Å². The van der Waals surface area contributed by atoms with Crippen LogP contribution in [0.15, 0.2) is 33.4 Å². The van der Waals surface area contributed by atoms with Crippen LogP contribution in [0.4, 0.5) is 15.8 Å². The summed E-state index contributed by atoms with van der Waals surface area (Å²) in [5.74, 6) is -0.527. The van der Waals surface area contributed by atoms with Crippen molar-refractivity contribution in [2.75, 3.05) is 23.3 Å². The molecule has 0 saturated carbocycles. The van der Waals surface area contributed by atoms with Gasteiger partial charge in [-0.1, -0.05) is 0 Å². The fourth-order valence-electron chi connectivity index (χ4n) is 2.87. The first-order valence-electron chi connectivity index (χ1n) is 7.66. The van der Waals surface area contributed by atoms with Crippen LogP contribution in [0.5, 0.6) is 0 Å². The molecule has 1 aromatic carbocycles. The number of rotatable bonds is 3. The largest absolute Gasteiger partial charge is 0.444 e. The molecule has 1 amide bonds. The monoisotopic (exact) mass is 380 g/mol. The summed E-state index contributed by atoms with van der Waals surface area (Å²) in [5.41, 5.74) is 2.05. The summed E-state index contributed by atoms with van der Waals surface area (Å²) in [5, 5.41) is 2.78. The molecular formula is C17H18BrFN2O2. The third-order valence-electron chi connectivity index (χ3n) is 4.00. The summed E-state index contributed by atoms with van der Waals surface area (Å²) < 4.78 is 19.5. The number of furan rings is 1. The Bertz CT molecular complexity index is 723. The zero-order valence-corrected chi connectivity index (χ0v) is 14.5. The molecule has 1 saturated heterocycles. The van der Waals surface area contributed by atoms with E-state index in [9.17, 15) is 9.18 Å². The Labute approximate surface area is 142 Å². The van der Waals surface area contributed by atoms with Gasteiger partial charge in [-0.25, -0.2) is 4.39 Å². The molecular weight excluding hydrogens is 363 g/mol. The van der Waals surface area contributed by atoms with E-state index in [1.54, 1.807) is 19.1 Å². The molecule has 23 heavy (non-hydrogen) atoms. The average molecular weight is 381 g/mol. The Balaban J connectivity index is 1.87. The summed E-state index contributed by atoms with van der Waals surface area (Å²) in [6.45, 7) is 3.62. The number of piperidine rings is 1. The van der Waals surface area contributed by atoms with Crippen molar-refractivity contribution in [2.24, 2.45) is 0 Å². The van der Waals surface area contributed by atoms with E-state index in [4.69, 9.17) is 4.42 Å². The van der Waals surface area contributed by atoms with E-state index >= 15 is 0 Å². The van der Waals surface area contributed by atoms with Gasteiger partial charge in [0.25, 0.3) is 5.91 Å². The highest BCUT2D eigenvalue weighted by atomic mass is 79.9. The number of hydrogen-bond donors (Lipinski definition) is 1. The maximum absolute atomic E-state index is 13.6. The molecule has 6 heteroatoms. The van der Waals surface area contributed by atoms with E-state index < -0.39 is 0 Å². The minimum Gasteiger partial charge on any atom is -0.444 e. The number of carbonyl (C=O) groups is 1. The first-order valence-corrected chi connectivity index (χ1v) is 8.45. The molecule has 1 aliphatic heterocycles.